The van der Waals surface area contributed by atoms with Crippen LogP contribution in [0, 0.1) is 0 Å². The molecule has 8 heteroatoms. The highest BCUT2D eigenvalue weighted by atomic mass is 16.5. The Hall–Kier alpha value is -2.16. The van der Waals surface area contributed by atoms with E-state index in [-0.39, 0.29) is 11.8 Å². The van der Waals surface area contributed by atoms with Crippen molar-refractivity contribution in [3.8, 4) is 5.75 Å². The lowest BCUT2D eigenvalue weighted by Crippen LogP contribution is -2.41. The summed E-state index contributed by atoms with van der Waals surface area (Å²) in [5, 5.41) is 5.73. The molecule has 2 heterocycles. The average Bonchev–Trinajstić information content (AvgIpc) is 3.11. The number of ether oxygens (including phenoxy) is 3. The maximum Gasteiger partial charge on any atom is 0.256 e. The summed E-state index contributed by atoms with van der Waals surface area (Å²) < 4.78 is 16.2. The third-order valence-electron chi connectivity index (χ3n) is 4.90. The Morgan fingerprint density at radius 1 is 1.22 bits per heavy atom. The van der Waals surface area contributed by atoms with Gasteiger partial charge in [-0.2, -0.15) is 0 Å². The zero-order valence-electron chi connectivity index (χ0n) is 15.9. The molecule has 0 saturated carbocycles. The summed E-state index contributed by atoms with van der Waals surface area (Å²) >= 11 is 0. The number of nitrogens with one attached hydrogen (secondary N) is 2. The van der Waals surface area contributed by atoms with Gasteiger partial charge in [0.15, 0.2) is 0 Å². The molecule has 2 saturated heterocycles. The van der Waals surface area contributed by atoms with Crippen LogP contribution in [-0.4, -0.2) is 68.9 Å². The molecule has 1 unspecified atom stereocenters. The highest BCUT2D eigenvalue weighted by Gasteiger charge is 2.37. The van der Waals surface area contributed by atoms with E-state index in [2.05, 4.69) is 10.6 Å². The molecule has 1 aromatic carbocycles. The second-order valence-corrected chi connectivity index (χ2v) is 6.99. The van der Waals surface area contributed by atoms with Crippen LogP contribution in [-0.2, 0) is 19.1 Å². The van der Waals surface area contributed by atoms with E-state index in [1.165, 1.54) is 7.11 Å². The van der Waals surface area contributed by atoms with Gasteiger partial charge < -0.3 is 24.8 Å². The van der Waals surface area contributed by atoms with Gasteiger partial charge in [-0.05, 0) is 31.9 Å². The zero-order chi connectivity index (χ0) is 19.3. The number of carbonyl (C=O) groups excluding carboxylic acids is 2. The molecule has 2 N–H and O–H groups in total. The summed E-state index contributed by atoms with van der Waals surface area (Å²) in [6, 6.07) is 5.16. The van der Waals surface area contributed by atoms with Crippen LogP contribution in [0.4, 0.5) is 11.4 Å². The summed E-state index contributed by atoms with van der Waals surface area (Å²) in [4.78, 5) is 26.8. The zero-order valence-corrected chi connectivity index (χ0v) is 15.9. The molecular weight excluding hydrogens is 350 g/mol. The number of carbonyl (C=O) groups is 2. The van der Waals surface area contributed by atoms with Gasteiger partial charge in [0.1, 0.15) is 11.4 Å². The van der Waals surface area contributed by atoms with Crippen molar-refractivity contribution in [2.24, 2.45) is 0 Å². The third-order valence-corrected chi connectivity index (χ3v) is 4.90. The largest absolute Gasteiger partial charge is 0.494 e. The molecule has 2 fully saturated rings. The second-order valence-electron chi connectivity index (χ2n) is 6.99. The molecule has 0 radical (unpaired) electrons. The average molecular weight is 377 g/mol. The van der Waals surface area contributed by atoms with E-state index in [1.54, 1.807) is 25.1 Å². The predicted molar refractivity (Wildman–Crippen MR) is 101 cm³/mol. The monoisotopic (exact) mass is 377 g/mol. The fraction of sp³-hybridized carbons (Fsp3) is 0.579. The first-order chi connectivity index (χ1) is 13.0. The summed E-state index contributed by atoms with van der Waals surface area (Å²) in [6.45, 7) is 5.49. The van der Waals surface area contributed by atoms with Crippen molar-refractivity contribution >= 4 is 23.2 Å². The highest BCUT2D eigenvalue weighted by molar-refractivity contribution is 5.98. The first kappa shape index (κ1) is 19.6. The normalized spacial score (nSPS) is 23.0. The first-order valence-electron chi connectivity index (χ1n) is 9.23. The van der Waals surface area contributed by atoms with Crippen molar-refractivity contribution in [1.82, 2.24) is 4.90 Å². The van der Waals surface area contributed by atoms with Crippen LogP contribution in [0.15, 0.2) is 18.2 Å². The third kappa shape index (κ3) is 4.97. The van der Waals surface area contributed by atoms with Crippen molar-refractivity contribution in [1.29, 1.82) is 0 Å². The Morgan fingerprint density at radius 3 is 2.67 bits per heavy atom. The minimum Gasteiger partial charge on any atom is -0.494 e. The van der Waals surface area contributed by atoms with E-state index >= 15 is 0 Å². The molecule has 8 nitrogen and oxygen atoms in total. The molecule has 1 aromatic rings. The van der Waals surface area contributed by atoms with Crippen molar-refractivity contribution in [3.05, 3.63) is 18.2 Å². The first-order valence-corrected chi connectivity index (χ1v) is 9.23. The molecule has 2 aliphatic rings. The Balaban J connectivity index is 1.61. The fourth-order valence-electron chi connectivity index (χ4n) is 3.25. The van der Waals surface area contributed by atoms with Gasteiger partial charge in [-0.15, -0.1) is 0 Å². The summed E-state index contributed by atoms with van der Waals surface area (Å²) in [5.41, 5.74) is 0.370. The van der Waals surface area contributed by atoms with Crippen molar-refractivity contribution in [3.63, 3.8) is 0 Å². The van der Waals surface area contributed by atoms with Gasteiger partial charge >= 0.3 is 0 Å². The molecule has 0 bridgehead atoms. The number of hydrogen-bond acceptors (Lipinski definition) is 6. The topological polar surface area (TPSA) is 89.1 Å². The molecule has 2 aliphatic heterocycles. The molecule has 0 aromatic heterocycles. The SMILES string of the molecule is COc1cc(NC(=O)C2(C)CCCO2)ccc1NC(=O)CN1CCOCC1. The van der Waals surface area contributed by atoms with Gasteiger partial charge in [-0.1, -0.05) is 0 Å². The van der Waals surface area contributed by atoms with Gasteiger partial charge in [-0.25, -0.2) is 0 Å². The van der Waals surface area contributed by atoms with Crippen LogP contribution < -0.4 is 15.4 Å². The van der Waals surface area contributed by atoms with Crippen molar-refractivity contribution < 1.29 is 23.8 Å². The lowest BCUT2D eigenvalue weighted by atomic mass is 10.0. The minimum atomic E-state index is -0.793. The lowest BCUT2D eigenvalue weighted by Gasteiger charge is -2.26. The van der Waals surface area contributed by atoms with Gasteiger partial charge in [-0.3, -0.25) is 14.5 Å². The predicted octanol–water partition coefficient (Wildman–Crippen LogP) is 1.47. The van der Waals surface area contributed by atoms with Gasteiger partial charge in [0.05, 0.1) is 32.6 Å². The molecule has 0 spiro atoms. The standard InChI is InChI=1S/C19H27N3O5/c1-19(6-3-9-27-19)18(24)20-14-4-5-15(16(12-14)25-2)21-17(23)13-22-7-10-26-11-8-22/h4-5,12H,3,6-11,13H2,1-2H3,(H,20,24)(H,21,23). The van der Waals surface area contributed by atoms with Crippen LogP contribution >= 0.6 is 0 Å². The second kappa shape index (κ2) is 8.69. The summed E-state index contributed by atoms with van der Waals surface area (Å²) in [6.07, 6.45) is 1.58. The van der Waals surface area contributed by atoms with Crippen molar-refractivity contribution in [2.75, 3.05) is 57.2 Å². The number of amides is 2. The van der Waals surface area contributed by atoms with Gasteiger partial charge in [0, 0.05) is 31.5 Å². The Labute approximate surface area is 159 Å². The van der Waals surface area contributed by atoms with Crippen LogP contribution in [0.25, 0.3) is 0 Å². The number of anilines is 2. The van der Waals surface area contributed by atoms with E-state index in [9.17, 15) is 9.59 Å². The molecule has 2 amide bonds. The van der Waals surface area contributed by atoms with Crippen LogP contribution in [0.5, 0.6) is 5.75 Å². The molecule has 27 heavy (non-hydrogen) atoms. The maximum atomic E-state index is 12.5. The number of benzene rings is 1. The highest BCUT2D eigenvalue weighted by Crippen LogP contribution is 2.30. The molecule has 148 valence electrons. The van der Waals surface area contributed by atoms with E-state index in [4.69, 9.17) is 14.2 Å². The maximum absolute atomic E-state index is 12.5. The fourth-order valence-corrected chi connectivity index (χ4v) is 3.25. The Kier molecular flexibility index (Phi) is 6.30. The summed E-state index contributed by atoms with van der Waals surface area (Å²) in [5.74, 6) is 0.200. The van der Waals surface area contributed by atoms with E-state index < -0.39 is 5.60 Å². The Morgan fingerprint density at radius 2 is 2.00 bits per heavy atom. The van der Waals surface area contributed by atoms with E-state index in [0.717, 1.165) is 19.5 Å². The number of nitrogens with zero attached hydrogens (tertiary/aromatic N) is 1. The molecule has 0 aliphatic carbocycles. The summed E-state index contributed by atoms with van der Waals surface area (Å²) in [7, 11) is 1.53. The van der Waals surface area contributed by atoms with Crippen LogP contribution in [0.1, 0.15) is 19.8 Å². The Bertz CT molecular complexity index is 682. The van der Waals surface area contributed by atoms with E-state index in [1.807, 2.05) is 4.90 Å². The van der Waals surface area contributed by atoms with Crippen LogP contribution in [0.2, 0.25) is 0 Å². The lowest BCUT2D eigenvalue weighted by molar-refractivity contribution is -0.133. The van der Waals surface area contributed by atoms with Gasteiger partial charge in [0.25, 0.3) is 5.91 Å². The van der Waals surface area contributed by atoms with E-state index in [0.29, 0.717) is 49.9 Å². The van der Waals surface area contributed by atoms with Gasteiger partial charge in [0.2, 0.25) is 5.91 Å². The smallest absolute Gasteiger partial charge is 0.256 e. The number of hydrogen-bond donors (Lipinski definition) is 2. The van der Waals surface area contributed by atoms with Crippen molar-refractivity contribution in [2.45, 2.75) is 25.4 Å². The molecular formula is C19H27N3O5. The minimum absolute atomic E-state index is 0.112. The number of rotatable bonds is 6. The molecule has 3 rings (SSSR count). The number of morpholine rings is 1. The number of methoxy groups -OCH3 is 1. The van der Waals surface area contributed by atoms with Crippen LogP contribution in [0.3, 0.4) is 0 Å². The quantitative estimate of drug-likeness (QED) is 0.781. The molecule has 1 atom stereocenters.